The Kier molecular flexibility index (Phi) is 7.13. The average molecular weight is 397 g/mol. The number of hydrogen-bond acceptors (Lipinski definition) is 5. The topological polar surface area (TPSA) is 95.9 Å². The van der Waals surface area contributed by atoms with Gasteiger partial charge in [-0.2, -0.15) is 13.2 Å². The summed E-state index contributed by atoms with van der Waals surface area (Å²) in [6, 6.07) is 11.4. The molecule has 2 atom stereocenters. The van der Waals surface area contributed by atoms with Gasteiger partial charge in [0.1, 0.15) is 18.8 Å². The third kappa shape index (κ3) is 5.80. The van der Waals surface area contributed by atoms with Crippen LogP contribution in [0.4, 0.5) is 18.0 Å². The molecular formula is C19H18F3NO5. The molecule has 0 radical (unpaired) electrons. The summed E-state index contributed by atoms with van der Waals surface area (Å²) < 4.78 is 43.9. The maximum absolute atomic E-state index is 13.0. The first-order valence-electron chi connectivity index (χ1n) is 8.19. The number of aliphatic hydroxyl groups is 2. The molecule has 28 heavy (non-hydrogen) atoms. The fraction of sp³-hybridized carbons (Fsp3) is 0.263. The van der Waals surface area contributed by atoms with Gasteiger partial charge in [0.15, 0.2) is 6.29 Å². The van der Waals surface area contributed by atoms with Crippen molar-refractivity contribution in [2.75, 3.05) is 6.54 Å². The van der Waals surface area contributed by atoms with Crippen LogP contribution in [0.5, 0.6) is 0 Å². The molecule has 0 aliphatic rings. The molecule has 3 N–H and O–H groups in total. The zero-order chi connectivity index (χ0) is 20.7. The van der Waals surface area contributed by atoms with E-state index in [-0.39, 0.29) is 18.5 Å². The standard InChI is InChI=1S/C19H18F3NO5/c20-19(21,22)15-8-13(6-7-14(15)10-24)17(26)16(25)9-23-18(27)28-11-12-4-2-1-3-5-12/h1-8,10,16-17,25-26H,9,11H2,(H,23,27). The Labute approximate surface area is 158 Å². The maximum atomic E-state index is 13.0. The van der Waals surface area contributed by atoms with E-state index < -0.39 is 42.1 Å². The zero-order valence-corrected chi connectivity index (χ0v) is 14.5. The molecule has 0 spiro atoms. The van der Waals surface area contributed by atoms with Crippen molar-refractivity contribution in [2.45, 2.75) is 25.0 Å². The lowest BCUT2D eigenvalue weighted by Gasteiger charge is -2.20. The molecule has 0 bridgehead atoms. The summed E-state index contributed by atoms with van der Waals surface area (Å²) in [6.45, 7) is -0.459. The van der Waals surface area contributed by atoms with Crippen molar-refractivity contribution in [1.29, 1.82) is 0 Å². The Morgan fingerprint density at radius 2 is 1.82 bits per heavy atom. The maximum Gasteiger partial charge on any atom is 0.417 e. The normalized spacial score (nSPS) is 13.5. The number of carbonyl (C=O) groups excluding carboxylic acids is 2. The number of aldehydes is 1. The number of rotatable bonds is 7. The first-order chi connectivity index (χ1) is 13.2. The lowest BCUT2D eigenvalue weighted by molar-refractivity contribution is -0.138. The Morgan fingerprint density at radius 1 is 1.14 bits per heavy atom. The average Bonchev–Trinajstić information content (AvgIpc) is 2.69. The Hall–Kier alpha value is -2.91. The second kappa shape index (κ2) is 9.34. The van der Waals surface area contributed by atoms with Gasteiger partial charge in [0.05, 0.1) is 5.56 Å². The van der Waals surface area contributed by atoms with Crippen molar-refractivity contribution in [1.82, 2.24) is 5.32 Å². The van der Waals surface area contributed by atoms with E-state index in [9.17, 15) is 33.0 Å². The molecule has 2 aromatic carbocycles. The lowest BCUT2D eigenvalue weighted by Crippen LogP contribution is -2.35. The monoisotopic (exact) mass is 397 g/mol. The van der Waals surface area contributed by atoms with Gasteiger partial charge in [-0.15, -0.1) is 0 Å². The summed E-state index contributed by atoms with van der Waals surface area (Å²) in [5, 5.41) is 22.2. The van der Waals surface area contributed by atoms with Crippen LogP contribution in [0.2, 0.25) is 0 Å². The molecule has 0 aliphatic heterocycles. The van der Waals surface area contributed by atoms with E-state index in [1.54, 1.807) is 30.3 Å². The third-order valence-corrected chi connectivity index (χ3v) is 3.88. The number of alkyl halides is 3. The van der Waals surface area contributed by atoms with Crippen LogP contribution in [0.3, 0.4) is 0 Å². The fourth-order valence-corrected chi connectivity index (χ4v) is 2.40. The highest BCUT2D eigenvalue weighted by Gasteiger charge is 2.34. The van der Waals surface area contributed by atoms with E-state index in [4.69, 9.17) is 4.74 Å². The first-order valence-corrected chi connectivity index (χ1v) is 8.19. The second-order valence-electron chi connectivity index (χ2n) is 5.92. The minimum Gasteiger partial charge on any atom is -0.445 e. The molecular weight excluding hydrogens is 379 g/mol. The van der Waals surface area contributed by atoms with Crippen LogP contribution >= 0.6 is 0 Å². The second-order valence-corrected chi connectivity index (χ2v) is 5.92. The smallest absolute Gasteiger partial charge is 0.417 e. The van der Waals surface area contributed by atoms with Gasteiger partial charge in [-0.05, 0) is 17.2 Å². The molecule has 1 amide bonds. The van der Waals surface area contributed by atoms with Crippen molar-refractivity contribution >= 4 is 12.4 Å². The van der Waals surface area contributed by atoms with Gasteiger partial charge >= 0.3 is 12.3 Å². The highest BCUT2D eigenvalue weighted by molar-refractivity contribution is 5.77. The summed E-state index contributed by atoms with van der Waals surface area (Å²) in [4.78, 5) is 22.4. The highest BCUT2D eigenvalue weighted by Crippen LogP contribution is 2.33. The first kappa shape index (κ1) is 21.4. The quantitative estimate of drug-likeness (QED) is 0.625. The van der Waals surface area contributed by atoms with E-state index in [1.807, 2.05) is 0 Å². The highest BCUT2D eigenvalue weighted by atomic mass is 19.4. The third-order valence-electron chi connectivity index (χ3n) is 3.88. The zero-order valence-electron chi connectivity index (χ0n) is 14.5. The number of ether oxygens (including phenoxy) is 1. The summed E-state index contributed by atoms with van der Waals surface area (Å²) in [5.41, 5.74) is -1.31. The van der Waals surface area contributed by atoms with Crippen LogP contribution in [0.15, 0.2) is 48.5 Å². The molecule has 2 aromatic rings. The van der Waals surface area contributed by atoms with Gasteiger partial charge in [-0.3, -0.25) is 4.79 Å². The van der Waals surface area contributed by atoms with Crippen LogP contribution in [0.25, 0.3) is 0 Å². The molecule has 2 rings (SSSR count). The Morgan fingerprint density at radius 3 is 2.43 bits per heavy atom. The number of nitrogens with one attached hydrogen (secondary N) is 1. The van der Waals surface area contributed by atoms with Gasteiger partial charge in [-0.1, -0.05) is 42.5 Å². The molecule has 0 aromatic heterocycles. The molecule has 2 unspecified atom stereocenters. The summed E-state index contributed by atoms with van der Waals surface area (Å²) in [5.74, 6) is 0. The lowest BCUT2D eigenvalue weighted by atomic mass is 9.98. The van der Waals surface area contributed by atoms with Crippen molar-refractivity contribution in [3.63, 3.8) is 0 Å². The summed E-state index contributed by atoms with van der Waals surface area (Å²) in [7, 11) is 0. The molecule has 0 fully saturated rings. The van der Waals surface area contributed by atoms with E-state index in [2.05, 4.69) is 5.32 Å². The molecule has 0 aliphatic carbocycles. The van der Waals surface area contributed by atoms with Gasteiger partial charge in [0.25, 0.3) is 0 Å². The Bertz CT molecular complexity index is 811. The SMILES string of the molecule is O=Cc1ccc(C(O)C(O)CNC(=O)OCc2ccccc2)cc1C(F)(F)F. The van der Waals surface area contributed by atoms with Crippen LogP contribution < -0.4 is 5.32 Å². The van der Waals surface area contributed by atoms with Crippen LogP contribution in [0.1, 0.15) is 33.2 Å². The molecule has 0 saturated heterocycles. The van der Waals surface area contributed by atoms with Crippen molar-refractivity contribution in [3.8, 4) is 0 Å². The molecule has 150 valence electrons. The number of aliphatic hydroxyl groups excluding tert-OH is 2. The minimum atomic E-state index is -4.80. The molecule has 0 saturated carbocycles. The predicted molar refractivity (Wildman–Crippen MR) is 92.4 cm³/mol. The number of halogens is 3. The predicted octanol–water partition coefficient (Wildman–Crippen LogP) is 2.84. The van der Waals surface area contributed by atoms with E-state index in [0.717, 1.165) is 17.7 Å². The largest absolute Gasteiger partial charge is 0.445 e. The van der Waals surface area contributed by atoms with E-state index in [0.29, 0.717) is 6.07 Å². The Balaban J connectivity index is 1.94. The number of hydrogen-bond donors (Lipinski definition) is 3. The van der Waals surface area contributed by atoms with Gasteiger partial charge in [-0.25, -0.2) is 4.79 Å². The fourth-order valence-electron chi connectivity index (χ4n) is 2.40. The number of amides is 1. The van der Waals surface area contributed by atoms with Crippen LogP contribution in [-0.2, 0) is 17.5 Å². The number of carbonyl (C=O) groups is 2. The van der Waals surface area contributed by atoms with Crippen LogP contribution in [-0.4, -0.2) is 35.2 Å². The summed E-state index contributed by atoms with van der Waals surface area (Å²) >= 11 is 0. The molecule has 0 heterocycles. The van der Waals surface area contributed by atoms with Gasteiger partial charge in [0.2, 0.25) is 0 Å². The molecule has 9 heteroatoms. The van der Waals surface area contributed by atoms with Gasteiger partial charge < -0.3 is 20.3 Å². The van der Waals surface area contributed by atoms with Gasteiger partial charge in [0, 0.05) is 12.1 Å². The van der Waals surface area contributed by atoms with Crippen molar-refractivity contribution in [2.24, 2.45) is 0 Å². The minimum absolute atomic E-state index is 0.00653. The number of benzene rings is 2. The molecule has 6 nitrogen and oxygen atoms in total. The van der Waals surface area contributed by atoms with Crippen molar-refractivity contribution < 1.29 is 37.7 Å². The summed E-state index contributed by atoms with van der Waals surface area (Å²) in [6.07, 6.45) is -8.90. The van der Waals surface area contributed by atoms with E-state index >= 15 is 0 Å². The van der Waals surface area contributed by atoms with Crippen LogP contribution in [0, 0.1) is 0 Å². The van der Waals surface area contributed by atoms with Crippen molar-refractivity contribution in [3.05, 3.63) is 70.8 Å². The van der Waals surface area contributed by atoms with E-state index in [1.165, 1.54) is 0 Å². The number of alkyl carbamates (subject to hydrolysis) is 1.